The molecule has 19 nitrogen and oxygen atoms in total. The third-order valence-electron chi connectivity index (χ3n) is 11.4. The van der Waals surface area contributed by atoms with Crippen molar-refractivity contribution in [2.75, 3.05) is 53.2 Å². The van der Waals surface area contributed by atoms with Crippen molar-refractivity contribution in [1.29, 1.82) is 0 Å². The van der Waals surface area contributed by atoms with Crippen LogP contribution >= 0.6 is 0 Å². The summed E-state index contributed by atoms with van der Waals surface area (Å²) in [5.41, 5.74) is 4.81. The van der Waals surface area contributed by atoms with E-state index in [4.69, 9.17) is 43.8 Å². The number of carbonyl (C=O) groups is 6. The number of nitrogens with one attached hydrogen (secondary N) is 3. The SMILES string of the molecule is C=C(C)C(=O)OCC(COC(=O)C(=C)C)OC(=O)NCC1(C)CC(NC)CC(C)(C)C1.C=C(C)C(=O)OCC(COC(=O)C(=C)C)O[N-]CC1(C)CC(NC(=O)O)CC(C)(C)C1.CC(C)CCCO.CCC#CO.[Y]. The molecule has 0 bridgehead atoms. The number of carboxylic acid groups (broad SMARTS) is 1. The Kier molecular flexibility index (Phi) is 38.2. The number of amides is 2. The van der Waals surface area contributed by atoms with Crippen molar-refractivity contribution in [3.8, 4) is 12.0 Å². The molecule has 2 fully saturated rings. The summed E-state index contributed by atoms with van der Waals surface area (Å²) >= 11 is 0. The molecule has 1 radical (unpaired) electrons. The molecule has 0 aromatic rings. The van der Waals surface area contributed by atoms with Gasteiger partial charge in [0.25, 0.3) is 0 Å². The van der Waals surface area contributed by atoms with Crippen molar-refractivity contribution < 1.29 is 105 Å². The molecule has 2 aliphatic rings. The zero-order valence-electron chi connectivity index (χ0n) is 47.8. The normalized spacial score (nSPS) is 19.8. The number of aliphatic hydroxyl groups excluding tert-OH is 2. The maximum atomic E-state index is 12.4. The predicted molar refractivity (Wildman–Crippen MR) is 285 cm³/mol. The number of ether oxygens (including phenoxy) is 5. The number of nitrogens with zero attached hydrogens (tertiary/aromatic N) is 1. The molecule has 4 unspecified atom stereocenters. The summed E-state index contributed by atoms with van der Waals surface area (Å²) in [6, 6.07) is 0.202. The number of carbonyl (C=O) groups excluding carboxylic acids is 5. The number of esters is 4. The number of hydroxylamine groups is 1. The van der Waals surface area contributed by atoms with Gasteiger partial charge in [0.1, 0.15) is 38.6 Å². The molecule has 0 aromatic heterocycles. The molecular formula is C55H93N4O15Y-. The van der Waals surface area contributed by atoms with E-state index < -0.39 is 48.3 Å². The van der Waals surface area contributed by atoms with Crippen LogP contribution in [0.2, 0.25) is 0 Å². The maximum Gasteiger partial charge on any atom is 0.407 e. The topological polar surface area (TPSA) is 269 Å². The molecule has 4 atom stereocenters. The van der Waals surface area contributed by atoms with Crippen molar-refractivity contribution in [2.45, 2.75) is 172 Å². The summed E-state index contributed by atoms with van der Waals surface area (Å²) in [5, 5.41) is 33.9. The first-order valence-corrected chi connectivity index (χ1v) is 25.2. The van der Waals surface area contributed by atoms with Crippen molar-refractivity contribution in [3.63, 3.8) is 0 Å². The average Bonchev–Trinajstić information content (AvgIpc) is 3.27. The third kappa shape index (κ3) is 37.2. The summed E-state index contributed by atoms with van der Waals surface area (Å²) < 4.78 is 25.7. The summed E-state index contributed by atoms with van der Waals surface area (Å²) in [4.78, 5) is 75.8. The van der Waals surface area contributed by atoms with Gasteiger partial charge in [-0.05, 0) is 114 Å². The van der Waals surface area contributed by atoms with Crippen LogP contribution in [0.15, 0.2) is 48.6 Å². The molecule has 2 aliphatic carbocycles. The minimum Gasteiger partial charge on any atom is -0.533 e. The Labute approximate surface area is 473 Å². The zero-order valence-corrected chi connectivity index (χ0v) is 50.6. The second-order valence-corrected chi connectivity index (χ2v) is 22.1. The summed E-state index contributed by atoms with van der Waals surface area (Å²) in [7, 11) is 1.96. The first-order valence-electron chi connectivity index (χ1n) is 25.2. The standard InChI is InChI=1S/C23H38N2O6.C22H35N2O7.C6H14O.C4H6O.Y/c1-15(2)19(26)29-11-18(12-30-20(27)16(3)4)31-21(28)25-14-23(7)10-17(24-8)9-22(5,6)13-23;1-14(2)18(25)29-10-17(11-30-19(26)15(3)4)31-23-13-22(7)9-16(24-20(27)28)8-21(5,6)12-22;1-6(2)4-3-5-7;1-2-3-4-5;/h17-18,24H,1,3,9-14H2,2,4-8H3,(H,25,28);16-17,24H,1,3,8-13H2,2,4-7H3,(H,27,28);6-7H,3-5H2,1-2H3;5H,2H2,1H3;/q;-1;;;. The van der Waals surface area contributed by atoms with Gasteiger partial charge in [0, 0.05) is 86.7 Å². The van der Waals surface area contributed by atoms with Gasteiger partial charge < -0.3 is 65.3 Å². The third-order valence-corrected chi connectivity index (χ3v) is 11.4. The minimum atomic E-state index is -1.04. The predicted octanol–water partition coefficient (Wildman–Crippen LogP) is 9.02. The number of alkyl carbamates (subject to hydrolysis) is 1. The molecule has 2 rings (SSSR count). The number of rotatable bonds is 24. The fraction of sp³-hybridized carbons (Fsp3) is 0.709. The molecule has 2 saturated carbocycles. The van der Waals surface area contributed by atoms with Gasteiger partial charge in [-0.15, -0.1) is 6.54 Å². The van der Waals surface area contributed by atoms with E-state index in [0.29, 0.717) is 32.2 Å². The van der Waals surface area contributed by atoms with Crippen LogP contribution in [0.25, 0.3) is 5.48 Å². The zero-order chi connectivity index (χ0) is 57.5. The molecule has 0 saturated heterocycles. The molecule has 0 aromatic carbocycles. The van der Waals surface area contributed by atoms with Crippen LogP contribution in [0.5, 0.6) is 0 Å². The fourth-order valence-corrected chi connectivity index (χ4v) is 8.75. The first kappa shape index (κ1) is 74.9. The van der Waals surface area contributed by atoms with Gasteiger partial charge in [0.2, 0.25) is 0 Å². The van der Waals surface area contributed by atoms with Gasteiger partial charge in [-0.25, -0.2) is 28.8 Å². The molecule has 0 heterocycles. The van der Waals surface area contributed by atoms with Crippen LogP contribution in [0, 0.1) is 39.6 Å². The second kappa shape index (κ2) is 38.3. The second-order valence-electron chi connectivity index (χ2n) is 22.1. The van der Waals surface area contributed by atoms with Crippen LogP contribution in [0.3, 0.4) is 0 Å². The average molecular weight is 1140 g/mol. The van der Waals surface area contributed by atoms with E-state index in [1.54, 1.807) is 6.11 Å². The van der Waals surface area contributed by atoms with Crippen molar-refractivity contribution in [1.82, 2.24) is 16.0 Å². The van der Waals surface area contributed by atoms with E-state index >= 15 is 0 Å². The number of hydrogen-bond donors (Lipinski definition) is 6. The van der Waals surface area contributed by atoms with Gasteiger partial charge in [-0.2, -0.15) is 0 Å². The molecular weight excluding hydrogens is 1050 g/mol. The molecule has 20 heteroatoms. The monoisotopic (exact) mass is 1140 g/mol. The van der Waals surface area contributed by atoms with E-state index in [1.165, 1.54) is 27.7 Å². The Morgan fingerprint density at radius 1 is 0.693 bits per heavy atom. The van der Waals surface area contributed by atoms with E-state index in [1.807, 2.05) is 20.9 Å². The molecule has 427 valence electrons. The van der Waals surface area contributed by atoms with Crippen LogP contribution in [0.4, 0.5) is 9.59 Å². The number of aliphatic hydroxyl groups is 2. The molecule has 0 aliphatic heterocycles. The van der Waals surface area contributed by atoms with E-state index in [9.17, 15) is 28.8 Å². The van der Waals surface area contributed by atoms with E-state index in [-0.39, 0.29) is 109 Å². The van der Waals surface area contributed by atoms with Crippen LogP contribution in [-0.2, 0) is 80.4 Å². The Morgan fingerprint density at radius 3 is 1.45 bits per heavy atom. The van der Waals surface area contributed by atoms with E-state index in [2.05, 4.69) is 102 Å². The smallest absolute Gasteiger partial charge is 0.407 e. The Bertz CT molecular complexity index is 1850. The van der Waals surface area contributed by atoms with E-state index in [0.717, 1.165) is 57.3 Å². The Balaban J connectivity index is -0.00000112. The van der Waals surface area contributed by atoms with Crippen molar-refractivity contribution >= 4 is 36.1 Å². The van der Waals surface area contributed by atoms with Crippen molar-refractivity contribution in [2.24, 2.45) is 27.6 Å². The summed E-state index contributed by atoms with van der Waals surface area (Å²) in [5.74, 6) is 0.768. The van der Waals surface area contributed by atoms with Gasteiger partial charge in [-0.3, -0.25) is 0 Å². The van der Waals surface area contributed by atoms with Gasteiger partial charge in [0.05, 0.1) is 0 Å². The summed E-state index contributed by atoms with van der Waals surface area (Å²) in [6.07, 6.45) is 6.34. The molecule has 2 amide bonds. The van der Waals surface area contributed by atoms with Gasteiger partial charge in [0.15, 0.2) is 6.10 Å². The van der Waals surface area contributed by atoms with Crippen LogP contribution in [0.1, 0.15) is 148 Å². The fourth-order valence-electron chi connectivity index (χ4n) is 8.75. The van der Waals surface area contributed by atoms with Gasteiger partial charge >= 0.3 is 36.1 Å². The Morgan fingerprint density at radius 2 is 1.11 bits per heavy atom. The molecule has 75 heavy (non-hydrogen) atoms. The van der Waals surface area contributed by atoms with Gasteiger partial charge in [-0.1, -0.05) is 94.5 Å². The molecule has 6 N–H and O–H groups in total. The largest absolute Gasteiger partial charge is 0.533 e. The van der Waals surface area contributed by atoms with Crippen molar-refractivity contribution in [3.05, 3.63) is 54.1 Å². The van der Waals surface area contributed by atoms with Crippen LogP contribution in [-0.4, -0.2) is 129 Å². The number of hydrogen-bond acceptors (Lipinski definition) is 15. The Hall–Kier alpha value is -4.32. The van der Waals surface area contributed by atoms with Crippen LogP contribution < -0.4 is 16.0 Å². The first-order chi connectivity index (χ1) is 34.2. The minimum absolute atomic E-state index is 0. The maximum absolute atomic E-state index is 12.4. The summed E-state index contributed by atoms with van der Waals surface area (Å²) in [6.45, 7) is 39.4. The quantitative estimate of drug-likeness (QED) is 0.0173. The molecule has 0 spiro atoms.